The normalized spacial score (nSPS) is 17.9. The Bertz CT molecular complexity index is 1520. The molecule has 1 saturated heterocycles. The molecule has 1 fully saturated rings. The number of aliphatic hydroxyl groups excluding tert-OH is 1. The molecule has 1 atom stereocenters. The first-order valence-corrected chi connectivity index (χ1v) is 13.9. The standard InChI is InChI=1S/C30H30N2O7S/c1-16(2)10-11-37-21-7-5-6-19(14-21)25-24(26(34)20-8-9-22-23(15-20)39-13-12-38-22)27(35)29(36)32(25)30-31-17(3)28(40-30)18(4)33/h5-9,14-16,25,34H,10-13H2,1-4H3/t25-/m0/s1. The van der Waals surface area contributed by atoms with Crippen LogP contribution in [-0.4, -0.2) is 47.4 Å². The summed E-state index contributed by atoms with van der Waals surface area (Å²) in [5, 5.41) is 11.7. The lowest BCUT2D eigenvalue weighted by atomic mass is 9.95. The van der Waals surface area contributed by atoms with E-state index in [0.29, 0.717) is 64.7 Å². The topological polar surface area (TPSA) is 115 Å². The average molecular weight is 563 g/mol. The molecular formula is C30H30N2O7S. The van der Waals surface area contributed by atoms with Crippen molar-refractivity contribution in [3.8, 4) is 17.2 Å². The van der Waals surface area contributed by atoms with E-state index in [1.54, 1.807) is 49.4 Å². The molecule has 2 aliphatic rings. The third-order valence-corrected chi connectivity index (χ3v) is 7.97. The fourth-order valence-electron chi connectivity index (χ4n) is 4.69. The third kappa shape index (κ3) is 5.19. The van der Waals surface area contributed by atoms with E-state index in [1.807, 2.05) is 0 Å². The number of Topliss-reactive ketones (excluding diaryl/α,β-unsaturated/α-hetero) is 2. The molecule has 0 radical (unpaired) electrons. The number of aliphatic hydroxyl groups is 1. The van der Waals surface area contributed by atoms with Gasteiger partial charge in [-0.05, 0) is 55.2 Å². The lowest BCUT2D eigenvalue weighted by Crippen LogP contribution is -2.29. The first-order chi connectivity index (χ1) is 19.2. The lowest BCUT2D eigenvalue weighted by molar-refractivity contribution is -0.132. The van der Waals surface area contributed by atoms with E-state index in [1.165, 1.54) is 11.8 Å². The molecule has 0 aliphatic carbocycles. The molecule has 1 N–H and O–H groups in total. The minimum absolute atomic E-state index is 0.0989. The monoisotopic (exact) mass is 562 g/mol. The van der Waals surface area contributed by atoms with Gasteiger partial charge in [-0.25, -0.2) is 4.98 Å². The number of ether oxygens (including phenoxy) is 3. The molecule has 1 aromatic heterocycles. The molecule has 3 aromatic rings. The minimum Gasteiger partial charge on any atom is -0.507 e. The number of amides is 1. The SMILES string of the molecule is CC(=O)c1sc(N2C(=O)C(=O)C(=C(O)c3ccc4c(c3)OCCO4)[C@@H]2c2cccc(OCCC(C)C)c2)nc1C. The second-order valence-corrected chi connectivity index (χ2v) is 11.1. The van der Waals surface area contributed by atoms with Crippen LogP contribution in [0.2, 0.25) is 0 Å². The maximum Gasteiger partial charge on any atom is 0.301 e. The van der Waals surface area contributed by atoms with Gasteiger partial charge in [-0.2, -0.15) is 0 Å². The van der Waals surface area contributed by atoms with Gasteiger partial charge >= 0.3 is 5.91 Å². The maximum atomic E-state index is 13.5. The molecule has 208 valence electrons. The van der Waals surface area contributed by atoms with Gasteiger partial charge in [-0.15, -0.1) is 0 Å². The number of aromatic nitrogens is 1. The van der Waals surface area contributed by atoms with Gasteiger partial charge in [0.05, 0.1) is 28.8 Å². The number of carbonyl (C=O) groups is 3. The van der Waals surface area contributed by atoms with Crippen LogP contribution in [0.25, 0.3) is 5.76 Å². The zero-order valence-electron chi connectivity index (χ0n) is 22.7. The number of thiazole rings is 1. The number of rotatable bonds is 8. The molecule has 0 unspecified atom stereocenters. The molecule has 0 spiro atoms. The van der Waals surface area contributed by atoms with Crippen molar-refractivity contribution in [3.63, 3.8) is 0 Å². The highest BCUT2D eigenvalue weighted by atomic mass is 32.1. The predicted octanol–water partition coefficient (Wildman–Crippen LogP) is 5.48. The van der Waals surface area contributed by atoms with Crippen molar-refractivity contribution < 1.29 is 33.7 Å². The Morgan fingerprint density at radius 3 is 2.60 bits per heavy atom. The number of nitrogens with zero attached hydrogens (tertiary/aromatic N) is 2. The Labute approximate surface area is 236 Å². The molecule has 0 bridgehead atoms. The van der Waals surface area contributed by atoms with Gasteiger partial charge in [0.1, 0.15) is 24.7 Å². The van der Waals surface area contributed by atoms with E-state index >= 15 is 0 Å². The van der Waals surface area contributed by atoms with E-state index < -0.39 is 17.7 Å². The summed E-state index contributed by atoms with van der Waals surface area (Å²) in [7, 11) is 0. The molecule has 0 saturated carbocycles. The van der Waals surface area contributed by atoms with Crippen molar-refractivity contribution in [3.05, 3.63) is 69.7 Å². The summed E-state index contributed by atoms with van der Waals surface area (Å²) in [5.41, 5.74) is 1.22. The summed E-state index contributed by atoms with van der Waals surface area (Å²) in [6.45, 7) is 8.59. The lowest BCUT2D eigenvalue weighted by Gasteiger charge is -2.24. The fourth-order valence-corrected chi connectivity index (χ4v) is 5.68. The molecule has 9 nitrogen and oxygen atoms in total. The van der Waals surface area contributed by atoms with Crippen LogP contribution in [-0.2, 0) is 9.59 Å². The Morgan fingerprint density at radius 2 is 1.90 bits per heavy atom. The van der Waals surface area contributed by atoms with E-state index in [9.17, 15) is 19.5 Å². The summed E-state index contributed by atoms with van der Waals surface area (Å²) in [6, 6.07) is 10.9. The quantitative estimate of drug-likeness (QED) is 0.166. The van der Waals surface area contributed by atoms with Crippen molar-refractivity contribution in [1.29, 1.82) is 0 Å². The van der Waals surface area contributed by atoms with Crippen molar-refractivity contribution in [2.24, 2.45) is 5.92 Å². The number of hydrogen-bond acceptors (Lipinski definition) is 9. The average Bonchev–Trinajstić information content (AvgIpc) is 3.44. The fraction of sp³-hybridized carbons (Fsp3) is 0.333. The highest BCUT2D eigenvalue weighted by molar-refractivity contribution is 7.18. The van der Waals surface area contributed by atoms with Crippen LogP contribution in [0.5, 0.6) is 17.2 Å². The van der Waals surface area contributed by atoms with E-state index in [2.05, 4.69) is 18.8 Å². The van der Waals surface area contributed by atoms with Gasteiger partial charge in [-0.3, -0.25) is 19.3 Å². The largest absolute Gasteiger partial charge is 0.507 e. The van der Waals surface area contributed by atoms with Crippen LogP contribution in [0.3, 0.4) is 0 Å². The van der Waals surface area contributed by atoms with Crippen molar-refractivity contribution in [1.82, 2.24) is 4.98 Å². The summed E-state index contributed by atoms with van der Waals surface area (Å²) in [6.07, 6.45) is 0.860. The number of hydrogen-bond donors (Lipinski definition) is 1. The highest BCUT2D eigenvalue weighted by Gasteiger charge is 2.48. The van der Waals surface area contributed by atoms with Crippen LogP contribution in [0.15, 0.2) is 48.0 Å². The first-order valence-electron chi connectivity index (χ1n) is 13.1. The van der Waals surface area contributed by atoms with Gasteiger partial charge < -0.3 is 19.3 Å². The van der Waals surface area contributed by atoms with Crippen LogP contribution < -0.4 is 19.1 Å². The Morgan fingerprint density at radius 1 is 1.15 bits per heavy atom. The van der Waals surface area contributed by atoms with Gasteiger partial charge in [0.15, 0.2) is 22.4 Å². The Kier molecular flexibility index (Phi) is 7.62. The summed E-state index contributed by atoms with van der Waals surface area (Å²) < 4.78 is 17.2. The Hall–Kier alpha value is -4.18. The first kappa shape index (κ1) is 27.4. The third-order valence-electron chi connectivity index (χ3n) is 6.71. The van der Waals surface area contributed by atoms with Crippen LogP contribution in [0.4, 0.5) is 5.13 Å². The second kappa shape index (κ2) is 11.1. The molecule has 2 aliphatic heterocycles. The van der Waals surface area contributed by atoms with Gasteiger partial charge in [0.25, 0.3) is 5.78 Å². The second-order valence-electron chi connectivity index (χ2n) is 10.1. The van der Waals surface area contributed by atoms with Gasteiger partial charge in [-0.1, -0.05) is 37.3 Å². The van der Waals surface area contributed by atoms with Crippen LogP contribution in [0, 0.1) is 12.8 Å². The maximum absolute atomic E-state index is 13.5. The number of fused-ring (bicyclic) bond motifs is 1. The highest BCUT2D eigenvalue weighted by Crippen LogP contribution is 2.45. The predicted molar refractivity (Wildman–Crippen MR) is 150 cm³/mol. The van der Waals surface area contributed by atoms with Crippen molar-refractivity contribution in [2.45, 2.75) is 40.2 Å². The number of anilines is 1. The van der Waals surface area contributed by atoms with Crippen molar-refractivity contribution in [2.75, 3.05) is 24.7 Å². The van der Waals surface area contributed by atoms with Crippen LogP contribution >= 0.6 is 11.3 Å². The van der Waals surface area contributed by atoms with Crippen molar-refractivity contribution >= 4 is 39.7 Å². The molecule has 1 amide bonds. The molecule has 3 heterocycles. The summed E-state index contributed by atoms with van der Waals surface area (Å²) >= 11 is 1.04. The van der Waals surface area contributed by atoms with Crippen LogP contribution in [0.1, 0.15) is 59.7 Å². The van der Waals surface area contributed by atoms with E-state index in [0.717, 1.165) is 17.8 Å². The zero-order chi connectivity index (χ0) is 28.6. The summed E-state index contributed by atoms with van der Waals surface area (Å²) in [5.74, 6) is -0.253. The smallest absolute Gasteiger partial charge is 0.301 e. The van der Waals surface area contributed by atoms with Gasteiger partial charge in [0, 0.05) is 12.5 Å². The zero-order valence-corrected chi connectivity index (χ0v) is 23.5. The number of ketones is 2. The Balaban J connectivity index is 1.64. The molecule has 5 rings (SSSR count). The number of aryl methyl sites for hydroxylation is 1. The van der Waals surface area contributed by atoms with Gasteiger partial charge in [0.2, 0.25) is 0 Å². The number of benzene rings is 2. The molecule has 40 heavy (non-hydrogen) atoms. The molecule has 2 aromatic carbocycles. The molecule has 10 heteroatoms. The summed E-state index contributed by atoms with van der Waals surface area (Å²) in [4.78, 5) is 45.4. The number of carbonyl (C=O) groups excluding carboxylic acids is 3. The van der Waals surface area contributed by atoms with E-state index in [-0.39, 0.29) is 22.2 Å². The minimum atomic E-state index is -1.01. The van der Waals surface area contributed by atoms with E-state index in [4.69, 9.17) is 14.2 Å². The molecular weight excluding hydrogens is 532 g/mol.